The summed E-state index contributed by atoms with van der Waals surface area (Å²) in [6.07, 6.45) is 0. The van der Waals surface area contributed by atoms with Crippen LogP contribution in [0, 0.1) is 0 Å². The number of nitrogens with zero attached hydrogens (tertiary/aromatic N) is 3. The van der Waals surface area contributed by atoms with Crippen LogP contribution in [-0.2, 0) is 13.1 Å². The molecule has 4 rings (SSSR count). The van der Waals surface area contributed by atoms with Gasteiger partial charge in [0.05, 0.1) is 15.7 Å². The van der Waals surface area contributed by atoms with E-state index < -0.39 is 0 Å². The molecule has 0 saturated heterocycles. The van der Waals surface area contributed by atoms with Gasteiger partial charge in [-0.2, -0.15) is 0 Å². The standard InChI is InChI=1S/C24H19Cl2N3O/c25-20-13-19(14-21(26)24(20)30)22-11-12-23(28-27-22)29(15-17-7-3-1-4-8-17)16-18-9-5-2-6-10-18/h1-14,30H,15-16H2. The summed E-state index contributed by atoms with van der Waals surface area (Å²) in [6.45, 7) is 1.42. The lowest BCUT2D eigenvalue weighted by Gasteiger charge is -2.24. The Kier molecular flexibility index (Phi) is 6.17. The third kappa shape index (κ3) is 4.73. The number of phenols is 1. The number of aromatic hydroxyl groups is 1. The molecule has 4 aromatic rings. The number of phenolic OH excluding ortho intramolecular Hbond substituents is 1. The van der Waals surface area contributed by atoms with Crippen LogP contribution < -0.4 is 4.90 Å². The molecule has 1 heterocycles. The van der Waals surface area contributed by atoms with E-state index in [2.05, 4.69) is 39.4 Å². The monoisotopic (exact) mass is 435 g/mol. The van der Waals surface area contributed by atoms with Crippen molar-refractivity contribution in [3.05, 3.63) is 106 Å². The second-order valence-electron chi connectivity index (χ2n) is 6.89. The van der Waals surface area contributed by atoms with Gasteiger partial charge in [0.15, 0.2) is 11.6 Å². The average molecular weight is 436 g/mol. The fourth-order valence-corrected chi connectivity index (χ4v) is 3.67. The van der Waals surface area contributed by atoms with Crippen molar-refractivity contribution in [1.29, 1.82) is 0 Å². The SMILES string of the molecule is Oc1c(Cl)cc(-c2ccc(N(Cc3ccccc3)Cc3ccccc3)nn2)cc1Cl. The normalized spacial score (nSPS) is 10.7. The van der Waals surface area contributed by atoms with E-state index in [-0.39, 0.29) is 15.8 Å². The van der Waals surface area contributed by atoms with Gasteiger partial charge in [-0.05, 0) is 35.4 Å². The predicted molar refractivity (Wildman–Crippen MR) is 122 cm³/mol. The Labute approximate surface area is 185 Å². The summed E-state index contributed by atoms with van der Waals surface area (Å²) in [5.74, 6) is 0.631. The molecule has 1 aromatic heterocycles. The summed E-state index contributed by atoms with van der Waals surface area (Å²) in [5.41, 5.74) is 3.70. The zero-order chi connectivity index (χ0) is 20.9. The van der Waals surface area contributed by atoms with E-state index in [1.807, 2.05) is 48.5 Å². The van der Waals surface area contributed by atoms with Crippen LogP contribution in [0.1, 0.15) is 11.1 Å². The van der Waals surface area contributed by atoms with Gasteiger partial charge in [-0.15, -0.1) is 10.2 Å². The number of halogens is 2. The number of hydrogen-bond acceptors (Lipinski definition) is 4. The van der Waals surface area contributed by atoms with Gasteiger partial charge >= 0.3 is 0 Å². The van der Waals surface area contributed by atoms with Gasteiger partial charge in [0.2, 0.25) is 0 Å². The molecule has 0 atom stereocenters. The average Bonchev–Trinajstić information content (AvgIpc) is 2.78. The van der Waals surface area contributed by atoms with Crippen LogP contribution in [0.3, 0.4) is 0 Å². The topological polar surface area (TPSA) is 49.2 Å². The maximum atomic E-state index is 9.77. The second kappa shape index (κ2) is 9.16. The van der Waals surface area contributed by atoms with Crippen LogP contribution in [0.2, 0.25) is 10.0 Å². The Morgan fingerprint density at radius 2 is 1.23 bits per heavy atom. The number of hydrogen-bond donors (Lipinski definition) is 1. The third-order valence-electron chi connectivity index (χ3n) is 4.72. The van der Waals surface area contributed by atoms with Crippen LogP contribution in [0.15, 0.2) is 84.9 Å². The Balaban J connectivity index is 1.63. The molecule has 3 aromatic carbocycles. The first-order valence-electron chi connectivity index (χ1n) is 9.45. The van der Waals surface area contributed by atoms with Gasteiger partial charge in [0.25, 0.3) is 0 Å². The Morgan fingerprint density at radius 1 is 0.700 bits per heavy atom. The molecule has 0 aliphatic rings. The molecule has 0 aliphatic heterocycles. The van der Waals surface area contributed by atoms with Crippen molar-refractivity contribution in [3.8, 4) is 17.0 Å². The predicted octanol–water partition coefficient (Wildman–Crippen LogP) is 6.36. The van der Waals surface area contributed by atoms with Crippen molar-refractivity contribution in [1.82, 2.24) is 10.2 Å². The minimum atomic E-state index is -0.136. The van der Waals surface area contributed by atoms with E-state index in [1.54, 1.807) is 12.1 Å². The second-order valence-corrected chi connectivity index (χ2v) is 7.71. The summed E-state index contributed by atoms with van der Waals surface area (Å²) in [6, 6.07) is 27.6. The highest BCUT2D eigenvalue weighted by atomic mass is 35.5. The van der Waals surface area contributed by atoms with E-state index in [4.69, 9.17) is 23.2 Å². The van der Waals surface area contributed by atoms with Crippen molar-refractivity contribution in [2.24, 2.45) is 0 Å². The molecule has 0 fully saturated rings. The van der Waals surface area contributed by atoms with Gasteiger partial charge in [0.1, 0.15) is 0 Å². The van der Waals surface area contributed by atoms with Gasteiger partial charge < -0.3 is 10.0 Å². The lowest BCUT2D eigenvalue weighted by molar-refractivity contribution is 0.476. The number of rotatable bonds is 6. The first-order chi connectivity index (χ1) is 14.6. The number of anilines is 1. The molecule has 30 heavy (non-hydrogen) atoms. The molecular weight excluding hydrogens is 417 g/mol. The zero-order valence-corrected chi connectivity index (χ0v) is 17.6. The molecule has 150 valence electrons. The number of benzene rings is 3. The highest BCUT2D eigenvalue weighted by Crippen LogP contribution is 2.36. The number of aromatic nitrogens is 2. The molecule has 0 spiro atoms. The van der Waals surface area contributed by atoms with Crippen LogP contribution in [-0.4, -0.2) is 15.3 Å². The van der Waals surface area contributed by atoms with Crippen molar-refractivity contribution in [3.63, 3.8) is 0 Å². The molecule has 4 nitrogen and oxygen atoms in total. The third-order valence-corrected chi connectivity index (χ3v) is 5.30. The molecule has 0 amide bonds. The van der Waals surface area contributed by atoms with Gasteiger partial charge in [-0.3, -0.25) is 0 Å². The smallest absolute Gasteiger partial charge is 0.152 e. The van der Waals surface area contributed by atoms with Crippen molar-refractivity contribution in [2.45, 2.75) is 13.1 Å². The lowest BCUT2D eigenvalue weighted by Crippen LogP contribution is -2.23. The molecule has 0 bridgehead atoms. The maximum Gasteiger partial charge on any atom is 0.152 e. The summed E-state index contributed by atoms with van der Waals surface area (Å²) in [5, 5.41) is 19.0. The highest BCUT2D eigenvalue weighted by molar-refractivity contribution is 6.37. The summed E-state index contributed by atoms with van der Waals surface area (Å²) >= 11 is 12.1. The van der Waals surface area contributed by atoms with E-state index >= 15 is 0 Å². The quantitative estimate of drug-likeness (QED) is 0.382. The summed E-state index contributed by atoms with van der Waals surface area (Å²) in [4.78, 5) is 2.18. The minimum absolute atomic E-state index is 0.136. The Hall–Kier alpha value is -3.08. The zero-order valence-electron chi connectivity index (χ0n) is 16.0. The maximum absolute atomic E-state index is 9.77. The lowest BCUT2D eigenvalue weighted by atomic mass is 10.1. The van der Waals surface area contributed by atoms with Crippen molar-refractivity contribution in [2.75, 3.05) is 4.90 Å². The summed E-state index contributed by atoms with van der Waals surface area (Å²) in [7, 11) is 0. The highest BCUT2D eigenvalue weighted by Gasteiger charge is 2.13. The molecule has 0 radical (unpaired) electrons. The first-order valence-corrected chi connectivity index (χ1v) is 10.2. The molecule has 0 unspecified atom stereocenters. The van der Waals surface area contributed by atoms with Crippen LogP contribution >= 0.6 is 23.2 Å². The van der Waals surface area contributed by atoms with Crippen molar-refractivity contribution < 1.29 is 5.11 Å². The van der Waals surface area contributed by atoms with Crippen LogP contribution in [0.4, 0.5) is 5.82 Å². The van der Waals surface area contributed by atoms with E-state index in [0.29, 0.717) is 24.3 Å². The van der Waals surface area contributed by atoms with Gasteiger partial charge in [-0.1, -0.05) is 83.9 Å². The van der Waals surface area contributed by atoms with Gasteiger partial charge in [0, 0.05) is 18.7 Å². The van der Waals surface area contributed by atoms with E-state index in [0.717, 1.165) is 5.82 Å². The molecule has 1 N–H and O–H groups in total. The van der Waals surface area contributed by atoms with Gasteiger partial charge in [-0.25, -0.2) is 0 Å². The van der Waals surface area contributed by atoms with Crippen LogP contribution in [0.5, 0.6) is 5.75 Å². The molecular formula is C24H19Cl2N3O. The van der Waals surface area contributed by atoms with E-state index in [9.17, 15) is 5.11 Å². The van der Waals surface area contributed by atoms with Crippen molar-refractivity contribution >= 4 is 29.0 Å². The largest absolute Gasteiger partial charge is 0.505 e. The Bertz CT molecular complexity index is 1060. The van der Waals surface area contributed by atoms with Crippen LogP contribution in [0.25, 0.3) is 11.3 Å². The molecule has 0 aliphatic carbocycles. The molecule has 0 saturated carbocycles. The fraction of sp³-hybridized carbons (Fsp3) is 0.0833. The summed E-state index contributed by atoms with van der Waals surface area (Å²) < 4.78 is 0. The minimum Gasteiger partial charge on any atom is -0.505 e. The van der Waals surface area contributed by atoms with E-state index in [1.165, 1.54) is 11.1 Å². The Morgan fingerprint density at radius 3 is 1.70 bits per heavy atom. The molecule has 6 heteroatoms. The first kappa shape index (κ1) is 20.2. The fourth-order valence-electron chi connectivity index (χ4n) is 3.19.